The van der Waals surface area contributed by atoms with Crippen molar-refractivity contribution in [3.8, 4) is 0 Å². The quantitative estimate of drug-likeness (QED) is 0.313. The van der Waals surface area contributed by atoms with Crippen LogP contribution in [0.15, 0.2) is 0 Å². The molecule has 16 heteroatoms. The molecule has 0 fully saturated rings. The first-order valence-electron chi connectivity index (χ1n) is 1.30. The van der Waals surface area contributed by atoms with E-state index in [9.17, 15) is 0 Å². The molecule has 0 amide bonds. The van der Waals surface area contributed by atoms with Gasteiger partial charge in [0, 0.05) is 0 Å². The van der Waals surface area contributed by atoms with Crippen molar-refractivity contribution in [2.45, 2.75) is 0 Å². The molecule has 0 saturated heterocycles. The Labute approximate surface area is 227 Å². The molecular formula is H13Cl2Na5O7Si2. The fourth-order valence-corrected chi connectivity index (χ4v) is 0. The minimum atomic E-state index is -3.13. The summed E-state index contributed by atoms with van der Waals surface area (Å²) in [5, 5.41) is 0. The first-order chi connectivity index (χ1) is 3.46. The fraction of sp³-hybridized carbons (Fsp3) is 0. The Morgan fingerprint density at radius 1 is 0.625 bits per heavy atom. The van der Waals surface area contributed by atoms with Gasteiger partial charge in [-0.1, -0.05) is 0 Å². The molecule has 0 bridgehead atoms. The van der Waals surface area contributed by atoms with E-state index in [1.807, 2.05) is 0 Å². The van der Waals surface area contributed by atoms with E-state index in [0.717, 1.165) is 0 Å². The van der Waals surface area contributed by atoms with Crippen LogP contribution in [0.4, 0.5) is 0 Å². The maximum absolute atomic E-state index is 8.74. The van der Waals surface area contributed by atoms with Crippen molar-refractivity contribution in [3.05, 3.63) is 0 Å². The normalized spacial score (nSPS) is 3.00. The Hall–Kier alpha value is 4.77. The second-order valence-corrected chi connectivity index (χ2v) is 1.70. The molecule has 6 N–H and O–H groups in total. The molecule has 7 nitrogen and oxygen atoms in total. The molecule has 0 aliphatic heterocycles. The van der Waals surface area contributed by atoms with Gasteiger partial charge in [0.1, 0.15) is 0 Å². The smallest absolute Gasteiger partial charge is 1.00 e. The second-order valence-electron chi connectivity index (χ2n) is 0.565. The predicted molar refractivity (Wildman–Crippen MR) is 45.4 cm³/mol. The van der Waals surface area contributed by atoms with Gasteiger partial charge in [0.05, 0.1) is 0 Å². The van der Waals surface area contributed by atoms with Crippen molar-refractivity contribution in [1.29, 1.82) is 0 Å². The summed E-state index contributed by atoms with van der Waals surface area (Å²) in [7, 11) is -6.26. The summed E-state index contributed by atoms with van der Waals surface area (Å²) in [6.45, 7) is 0. The third kappa shape index (κ3) is 260. The molecule has 0 aliphatic carbocycles. The zero-order chi connectivity index (χ0) is 7.15. The molecule has 0 atom stereocenters. The predicted octanol–water partition coefficient (Wildman–Crippen LogP) is -17.6. The summed E-state index contributed by atoms with van der Waals surface area (Å²) < 4.78 is 17.5. The van der Waals surface area contributed by atoms with Gasteiger partial charge in [-0.05, 0) is 0 Å². The van der Waals surface area contributed by atoms with E-state index < -0.39 is 18.3 Å². The van der Waals surface area contributed by atoms with E-state index in [1.54, 1.807) is 0 Å². The van der Waals surface area contributed by atoms with Gasteiger partial charge < -0.3 is 31.8 Å². The van der Waals surface area contributed by atoms with Gasteiger partial charge in [-0.15, -0.1) is 24.8 Å². The van der Waals surface area contributed by atoms with Crippen molar-refractivity contribution in [2.75, 3.05) is 0 Å². The molecule has 0 aromatic heterocycles. The van der Waals surface area contributed by atoms with Gasteiger partial charge in [-0.2, -0.15) is 0 Å². The van der Waals surface area contributed by atoms with Crippen LogP contribution in [-0.2, 0) is 8.92 Å². The summed E-state index contributed by atoms with van der Waals surface area (Å²) in [4.78, 5) is 28.6. The van der Waals surface area contributed by atoms with Gasteiger partial charge in [0.2, 0.25) is 0 Å². The zero-order valence-electron chi connectivity index (χ0n) is 14.9. The van der Waals surface area contributed by atoms with Gasteiger partial charge in [0.25, 0.3) is 0 Å². The topological polar surface area (TPSA) is 147 Å². The molecule has 0 rings (SSSR count). The number of rotatable bonds is 0. The third-order valence-corrected chi connectivity index (χ3v) is 0. The van der Waals surface area contributed by atoms with Crippen LogP contribution in [0.3, 0.4) is 0 Å². The van der Waals surface area contributed by atoms with Crippen LogP contribution >= 0.6 is 24.8 Å². The molecule has 0 unspecified atom stereocenters. The summed E-state index contributed by atoms with van der Waals surface area (Å²) in [5.41, 5.74) is 0. The molecule has 0 radical (unpaired) electrons. The van der Waals surface area contributed by atoms with Crippen molar-refractivity contribution >= 4 is 43.2 Å². The van der Waals surface area contributed by atoms with E-state index >= 15 is 0 Å². The number of halogens is 2. The van der Waals surface area contributed by atoms with E-state index in [2.05, 4.69) is 0 Å². The van der Waals surface area contributed by atoms with Gasteiger partial charge in [-0.3, -0.25) is 8.92 Å². The summed E-state index contributed by atoms with van der Waals surface area (Å²) in [6, 6.07) is 0. The minimum Gasteiger partial charge on any atom is -1.00 e. The molecular weight excluding hydrogens is 354 g/mol. The Kier molecular flexibility index (Phi) is 263. The van der Waals surface area contributed by atoms with E-state index in [1.165, 1.54) is 0 Å². The summed E-state index contributed by atoms with van der Waals surface area (Å²) in [5.74, 6) is 0. The first-order valence-corrected chi connectivity index (χ1v) is 3.91. The molecule has 0 saturated carbocycles. The molecule has 16 heavy (non-hydrogen) atoms. The average Bonchev–Trinajstić information content (AvgIpc) is 1.25. The largest absolute Gasteiger partial charge is 1.00 e. The molecule has 0 aliphatic rings. The summed E-state index contributed by atoms with van der Waals surface area (Å²) >= 11 is 0. The third-order valence-electron chi connectivity index (χ3n) is 0. The van der Waals surface area contributed by atoms with Crippen LogP contribution < -0.4 is 148 Å². The van der Waals surface area contributed by atoms with E-state index in [0.29, 0.717) is 0 Å². The maximum atomic E-state index is 8.74. The molecule has 0 aromatic rings. The average molecular weight is 367 g/mol. The van der Waals surface area contributed by atoms with Crippen molar-refractivity contribution in [3.63, 3.8) is 0 Å². The monoisotopic (exact) mass is 366 g/mol. The molecule has 0 spiro atoms. The Morgan fingerprint density at radius 2 is 0.625 bits per heavy atom. The number of hydrogen-bond donors (Lipinski definition) is 4. The molecule has 82 valence electrons. The Bertz CT molecular complexity index is 103. The Balaban J connectivity index is -0.00000000163. The van der Waals surface area contributed by atoms with Crippen LogP contribution in [0.5, 0.6) is 0 Å². The van der Waals surface area contributed by atoms with E-state index in [4.69, 9.17) is 28.1 Å². The summed E-state index contributed by atoms with van der Waals surface area (Å²) in [6.07, 6.45) is 0. The number of hydrogen-bond acceptors (Lipinski definition) is 2. The standard InChI is InChI=1S/2ClH.5Na.2H2O3Si.H2O.5H/c;;;;;;;2*1-4(2)3;;;;;;/h2*1H;;;;;;2*1-2H;1H2;;;;;/q;;5*+1;;;;5*-1. The van der Waals surface area contributed by atoms with Gasteiger partial charge in [0.15, 0.2) is 0 Å². The van der Waals surface area contributed by atoms with Crippen LogP contribution in [-0.4, -0.2) is 43.0 Å². The fourth-order valence-electron chi connectivity index (χ4n) is 0. The van der Waals surface area contributed by atoms with E-state index in [-0.39, 0.29) is 185 Å². The molecule has 0 aromatic carbocycles. The maximum Gasteiger partial charge on any atom is 1.00 e. The molecule has 0 heterocycles. The van der Waals surface area contributed by atoms with Crippen molar-refractivity contribution in [1.82, 2.24) is 0 Å². The Morgan fingerprint density at radius 3 is 0.625 bits per heavy atom. The van der Waals surface area contributed by atoms with Crippen LogP contribution in [0.2, 0.25) is 0 Å². The van der Waals surface area contributed by atoms with Crippen molar-refractivity contribution in [2.24, 2.45) is 0 Å². The van der Waals surface area contributed by atoms with Crippen molar-refractivity contribution < 1.29 is 189 Å². The first kappa shape index (κ1) is 70.0. The van der Waals surface area contributed by atoms with Crippen LogP contribution in [0, 0.1) is 0 Å². The van der Waals surface area contributed by atoms with Crippen LogP contribution in [0.25, 0.3) is 0 Å². The van der Waals surface area contributed by atoms with Gasteiger partial charge in [-0.25, -0.2) is 0 Å². The SMILES string of the molecule is Cl.Cl.O.O=[Si](O)O.O=[Si](O)O.[H-].[H-].[H-].[H-].[H-].[Na+].[Na+].[Na+].[Na+].[Na+]. The second kappa shape index (κ2) is 60.0. The minimum absolute atomic E-state index is 0. The van der Waals surface area contributed by atoms with Gasteiger partial charge >= 0.3 is 166 Å². The van der Waals surface area contributed by atoms with Crippen LogP contribution in [0.1, 0.15) is 7.13 Å². The zero-order valence-corrected chi connectivity index (χ0v) is 23.6.